The van der Waals surface area contributed by atoms with Crippen LogP contribution >= 0.6 is 0 Å². The van der Waals surface area contributed by atoms with Crippen molar-refractivity contribution >= 4 is 22.0 Å². The molecule has 2 aromatic carbocycles. The molecule has 11 heteroatoms. The number of carbonyl (C=O) groups excluding carboxylic acids is 2. The third-order valence-corrected chi connectivity index (χ3v) is 6.98. The summed E-state index contributed by atoms with van der Waals surface area (Å²) in [5.74, 6) is -0.445. The van der Waals surface area contributed by atoms with Crippen molar-refractivity contribution in [3.63, 3.8) is 0 Å². The second kappa shape index (κ2) is 10.4. The monoisotopic (exact) mass is 491 g/mol. The van der Waals surface area contributed by atoms with Gasteiger partial charge in [0, 0.05) is 19.6 Å². The molecule has 1 saturated heterocycles. The van der Waals surface area contributed by atoms with Crippen LogP contribution in [-0.4, -0.2) is 66.1 Å². The zero-order valence-electron chi connectivity index (χ0n) is 19.3. The molecule has 184 valence electrons. The molecule has 1 aliphatic heterocycles. The van der Waals surface area contributed by atoms with Crippen molar-refractivity contribution in [3.8, 4) is 5.75 Å². The molecule has 1 fully saturated rings. The largest absolute Gasteiger partial charge is 0.488 e. The van der Waals surface area contributed by atoms with Gasteiger partial charge in [-0.25, -0.2) is 18.7 Å². The molecule has 0 unspecified atom stereocenters. The number of sulfonamides is 1. The first-order valence-electron chi connectivity index (χ1n) is 10.7. The highest BCUT2D eigenvalue weighted by Crippen LogP contribution is 2.25. The molecule has 0 radical (unpaired) electrons. The summed E-state index contributed by atoms with van der Waals surface area (Å²) in [6.07, 6.45) is -0.680. The number of benzene rings is 2. The smallest absolute Gasteiger partial charge is 0.410 e. The van der Waals surface area contributed by atoms with Crippen molar-refractivity contribution in [3.05, 3.63) is 60.2 Å². The van der Waals surface area contributed by atoms with Crippen LogP contribution in [0.2, 0.25) is 0 Å². The van der Waals surface area contributed by atoms with Crippen molar-refractivity contribution in [1.29, 1.82) is 0 Å². The number of rotatable bonds is 6. The van der Waals surface area contributed by atoms with E-state index in [2.05, 4.69) is 0 Å². The fourth-order valence-electron chi connectivity index (χ4n) is 3.49. The van der Waals surface area contributed by atoms with Crippen molar-refractivity contribution in [2.75, 3.05) is 19.6 Å². The van der Waals surface area contributed by atoms with E-state index in [9.17, 15) is 23.2 Å². The lowest BCUT2D eigenvalue weighted by molar-refractivity contribution is -0.134. The number of nitrogens with zero attached hydrogens (tertiary/aromatic N) is 2. The van der Waals surface area contributed by atoms with Crippen molar-refractivity contribution in [2.24, 2.45) is 0 Å². The van der Waals surface area contributed by atoms with Crippen LogP contribution in [0.5, 0.6) is 5.75 Å². The van der Waals surface area contributed by atoms with Gasteiger partial charge in [-0.3, -0.25) is 10.0 Å². The van der Waals surface area contributed by atoms with E-state index in [0.717, 1.165) is 9.87 Å². The number of nitrogens with one attached hydrogen (secondary N) is 1. The minimum Gasteiger partial charge on any atom is -0.488 e. The van der Waals surface area contributed by atoms with Gasteiger partial charge in [-0.05, 0) is 50.6 Å². The van der Waals surface area contributed by atoms with E-state index in [1.165, 1.54) is 34.6 Å². The van der Waals surface area contributed by atoms with E-state index in [0.29, 0.717) is 5.75 Å². The van der Waals surface area contributed by atoms with Crippen LogP contribution in [0.15, 0.2) is 59.5 Å². The third-order valence-electron chi connectivity index (χ3n) is 5.06. The standard InChI is InChI=1S/C23H29N3O7S/c1-23(2,3)33-18-9-11-19(12-10-18)34(30,31)26-14-13-25(15-20(26)21(27)24-29)22(28)32-16-17-7-5-4-6-8-17/h4-12,20,29H,13-16H2,1-3H3,(H,24,27)/t20-/m1/s1. The van der Waals surface area contributed by atoms with Crippen LogP contribution in [0.25, 0.3) is 0 Å². The zero-order chi connectivity index (χ0) is 24.9. The van der Waals surface area contributed by atoms with Gasteiger partial charge >= 0.3 is 6.09 Å². The number of ether oxygens (including phenoxy) is 2. The predicted molar refractivity (Wildman–Crippen MR) is 123 cm³/mol. The first-order valence-corrected chi connectivity index (χ1v) is 12.2. The molecule has 2 aromatic rings. The van der Waals surface area contributed by atoms with Crippen molar-refractivity contribution in [1.82, 2.24) is 14.7 Å². The van der Waals surface area contributed by atoms with Gasteiger partial charge in [0.2, 0.25) is 10.0 Å². The number of hydrogen-bond acceptors (Lipinski definition) is 7. The highest BCUT2D eigenvalue weighted by molar-refractivity contribution is 7.89. The molecule has 2 N–H and O–H groups in total. The summed E-state index contributed by atoms with van der Waals surface area (Å²) in [6, 6.07) is 13.6. The Labute approximate surface area is 199 Å². The molecule has 0 bridgehead atoms. The lowest BCUT2D eigenvalue weighted by Gasteiger charge is -2.38. The van der Waals surface area contributed by atoms with E-state index in [4.69, 9.17) is 9.47 Å². The predicted octanol–water partition coefficient (Wildman–Crippen LogP) is 2.38. The topological polar surface area (TPSA) is 125 Å². The molecule has 0 spiro atoms. The quantitative estimate of drug-likeness (QED) is 0.469. The van der Waals surface area contributed by atoms with Gasteiger partial charge in [-0.1, -0.05) is 30.3 Å². The van der Waals surface area contributed by atoms with Gasteiger partial charge in [0.1, 0.15) is 24.0 Å². The Morgan fingerprint density at radius 1 is 1.06 bits per heavy atom. The van der Waals surface area contributed by atoms with Gasteiger partial charge in [0.05, 0.1) is 4.90 Å². The molecular weight excluding hydrogens is 462 g/mol. The Balaban J connectivity index is 1.74. The van der Waals surface area contributed by atoms with Crippen LogP contribution in [0.4, 0.5) is 4.79 Å². The highest BCUT2D eigenvalue weighted by atomic mass is 32.2. The molecule has 0 saturated carbocycles. The lowest BCUT2D eigenvalue weighted by Crippen LogP contribution is -2.61. The molecule has 1 aliphatic rings. The van der Waals surface area contributed by atoms with Gasteiger partial charge in [0.25, 0.3) is 5.91 Å². The maximum atomic E-state index is 13.3. The minimum atomic E-state index is -4.10. The summed E-state index contributed by atoms with van der Waals surface area (Å²) in [5.41, 5.74) is 1.84. The number of piperazine rings is 1. The van der Waals surface area contributed by atoms with Gasteiger partial charge in [0.15, 0.2) is 0 Å². The van der Waals surface area contributed by atoms with Crippen molar-refractivity contribution < 1.29 is 32.7 Å². The highest BCUT2D eigenvalue weighted by Gasteiger charge is 2.41. The Morgan fingerprint density at radius 2 is 1.71 bits per heavy atom. The fourth-order valence-corrected chi connectivity index (χ4v) is 5.06. The molecule has 3 rings (SSSR count). The Hall–Kier alpha value is -3.15. The Morgan fingerprint density at radius 3 is 2.29 bits per heavy atom. The van der Waals surface area contributed by atoms with E-state index in [1.54, 1.807) is 12.1 Å². The SMILES string of the molecule is CC(C)(C)Oc1ccc(S(=O)(=O)N2CCN(C(=O)OCc3ccccc3)C[C@@H]2C(=O)NO)cc1. The van der Waals surface area contributed by atoms with Gasteiger partial charge in [-0.2, -0.15) is 4.31 Å². The summed E-state index contributed by atoms with van der Waals surface area (Å²) in [5, 5.41) is 9.19. The van der Waals surface area contributed by atoms with Crippen LogP contribution < -0.4 is 10.2 Å². The average Bonchev–Trinajstić information content (AvgIpc) is 2.81. The Kier molecular flexibility index (Phi) is 7.80. The second-order valence-electron chi connectivity index (χ2n) is 8.78. The third kappa shape index (κ3) is 6.25. The maximum absolute atomic E-state index is 13.3. The molecular formula is C23H29N3O7S. The molecule has 34 heavy (non-hydrogen) atoms. The van der Waals surface area contributed by atoms with Crippen LogP contribution in [0, 0.1) is 0 Å². The van der Waals surface area contributed by atoms with Crippen LogP contribution in [-0.2, 0) is 26.2 Å². The normalized spacial score (nSPS) is 17.2. The number of hydroxylamine groups is 1. The molecule has 2 amide bonds. The Bertz CT molecular complexity index is 1100. The molecule has 10 nitrogen and oxygen atoms in total. The zero-order valence-corrected chi connectivity index (χ0v) is 20.1. The first kappa shape index (κ1) is 25.5. The summed E-state index contributed by atoms with van der Waals surface area (Å²) in [6.45, 7) is 5.26. The van der Waals surface area contributed by atoms with Gasteiger partial charge < -0.3 is 14.4 Å². The van der Waals surface area contributed by atoms with Crippen LogP contribution in [0.3, 0.4) is 0 Å². The second-order valence-corrected chi connectivity index (χ2v) is 10.7. The fraction of sp³-hybridized carbons (Fsp3) is 0.391. The molecule has 1 atom stereocenters. The van der Waals surface area contributed by atoms with E-state index >= 15 is 0 Å². The summed E-state index contributed by atoms with van der Waals surface area (Å²) < 4.78 is 38.6. The first-order chi connectivity index (χ1) is 16.0. The summed E-state index contributed by atoms with van der Waals surface area (Å²) >= 11 is 0. The number of hydrogen-bond donors (Lipinski definition) is 2. The number of amides is 2. The van der Waals surface area contributed by atoms with Crippen molar-refractivity contribution in [2.45, 2.75) is 43.9 Å². The van der Waals surface area contributed by atoms with Crippen LogP contribution in [0.1, 0.15) is 26.3 Å². The average molecular weight is 492 g/mol. The summed E-state index contributed by atoms with van der Waals surface area (Å²) in [7, 11) is -4.10. The molecule has 0 aromatic heterocycles. The van der Waals surface area contributed by atoms with E-state index in [-0.39, 0.29) is 31.1 Å². The molecule has 1 heterocycles. The maximum Gasteiger partial charge on any atom is 0.410 e. The van der Waals surface area contributed by atoms with E-state index < -0.39 is 33.7 Å². The molecule has 0 aliphatic carbocycles. The minimum absolute atomic E-state index is 0.0211. The van der Waals surface area contributed by atoms with E-state index in [1.807, 2.05) is 39.0 Å². The number of carbonyl (C=O) groups is 2. The lowest BCUT2D eigenvalue weighted by atomic mass is 10.2. The summed E-state index contributed by atoms with van der Waals surface area (Å²) in [4.78, 5) is 26.1. The van der Waals surface area contributed by atoms with Gasteiger partial charge in [-0.15, -0.1) is 0 Å².